The van der Waals surface area contributed by atoms with E-state index in [9.17, 15) is 5.11 Å². The molecule has 1 saturated heterocycles. The highest BCUT2D eigenvalue weighted by Crippen LogP contribution is 2.27. The first kappa shape index (κ1) is 13.1. The van der Waals surface area contributed by atoms with Gasteiger partial charge in [-0.2, -0.15) is 0 Å². The summed E-state index contributed by atoms with van der Waals surface area (Å²) in [4.78, 5) is 10.7. The third-order valence-corrected chi connectivity index (χ3v) is 3.67. The van der Waals surface area contributed by atoms with Gasteiger partial charge >= 0.3 is 0 Å². The van der Waals surface area contributed by atoms with Crippen LogP contribution in [-0.2, 0) is 6.42 Å². The van der Waals surface area contributed by atoms with E-state index in [2.05, 4.69) is 21.8 Å². The molecule has 3 N–H and O–H groups in total. The van der Waals surface area contributed by atoms with Crippen molar-refractivity contribution in [3.8, 4) is 0 Å². The van der Waals surface area contributed by atoms with Crippen molar-refractivity contribution in [2.24, 2.45) is 0 Å². The summed E-state index contributed by atoms with van der Waals surface area (Å²) in [5, 5.41) is 9.56. The average molecular weight is 250 g/mol. The van der Waals surface area contributed by atoms with Crippen LogP contribution in [0.15, 0.2) is 6.33 Å². The summed E-state index contributed by atoms with van der Waals surface area (Å²) in [5.41, 5.74) is 6.92. The van der Waals surface area contributed by atoms with Crippen LogP contribution in [0.2, 0.25) is 0 Å². The van der Waals surface area contributed by atoms with Crippen LogP contribution < -0.4 is 10.6 Å². The van der Waals surface area contributed by atoms with Crippen molar-refractivity contribution in [3.63, 3.8) is 0 Å². The smallest absolute Gasteiger partial charge is 0.137 e. The highest BCUT2D eigenvalue weighted by atomic mass is 16.3. The molecule has 0 amide bonds. The molecule has 2 rings (SSSR count). The Bertz CT molecular complexity index is 397. The maximum atomic E-state index is 9.56. The Morgan fingerprint density at radius 2 is 2.22 bits per heavy atom. The van der Waals surface area contributed by atoms with Crippen LogP contribution in [0.5, 0.6) is 0 Å². The topological polar surface area (TPSA) is 75.3 Å². The molecule has 5 nitrogen and oxygen atoms in total. The Morgan fingerprint density at radius 1 is 1.39 bits per heavy atom. The van der Waals surface area contributed by atoms with Crippen LogP contribution in [-0.4, -0.2) is 34.3 Å². The van der Waals surface area contributed by atoms with Gasteiger partial charge in [0.05, 0.1) is 12.6 Å². The minimum atomic E-state index is 0.159. The lowest BCUT2D eigenvalue weighted by Gasteiger charge is -2.31. The van der Waals surface area contributed by atoms with Gasteiger partial charge in [0.1, 0.15) is 18.0 Å². The highest BCUT2D eigenvalue weighted by Gasteiger charge is 2.24. The number of aliphatic hydroxyl groups excluding tert-OH is 1. The van der Waals surface area contributed by atoms with Gasteiger partial charge in [-0.25, -0.2) is 9.97 Å². The number of rotatable bonds is 3. The summed E-state index contributed by atoms with van der Waals surface area (Å²) >= 11 is 0. The first-order chi connectivity index (χ1) is 8.77. The van der Waals surface area contributed by atoms with Gasteiger partial charge in [0.2, 0.25) is 0 Å². The van der Waals surface area contributed by atoms with Crippen LogP contribution in [0.3, 0.4) is 0 Å². The van der Waals surface area contributed by atoms with Gasteiger partial charge in [0, 0.05) is 12.1 Å². The summed E-state index contributed by atoms with van der Waals surface area (Å²) in [5.74, 6) is 1.47. The number of nitrogen functional groups attached to an aromatic ring is 1. The number of hydrogen-bond acceptors (Lipinski definition) is 5. The summed E-state index contributed by atoms with van der Waals surface area (Å²) in [7, 11) is 0. The normalized spacial score (nSPS) is 20.8. The first-order valence-corrected chi connectivity index (χ1v) is 6.74. The van der Waals surface area contributed by atoms with E-state index in [1.807, 2.05) is 0 Å². The second kappa shape index (κ2) is 6.00. The molecule has 2 heterocycles. The molecule has 1 aliphatic heterocycles. The minimum absolute atomic E-state index is 0.159. The molecule has 0 radical (unpaired) electrons. The average Bonchev–Trinajstić information content (AvgIpc) is 2.63. The maximum Gasteiger partial charge on any atom is 0.137 e. The van der Waals surface area contributed by atoms with E-state index in [4.69, 9.17) is 5.73 Å². The van der Waals surface area contributed by atoms with E-state index < -0.39 is 0 Å². The molecule has 0 aromatic carbocycles. The molecule has 1 aromatic heterocycles. The lowest BCUT2D eigenvalue weighted by Crippen LogP contribution is -2.39. The number of nitrogens with zero attached hydrogens (tertiary/aromatic N) is 3. The third kappa shape index (κ3) is 2.56. The van der Waals surface area contributed by atoms with E-state index in [1.54, 1.807) is 0 Å². The number of hydrogen-bond donors (Lipinski definition) is 2. The Morgan fingerprint density at radius 3 is 2.94 bits per heavy atom. The summed E-state index contributed by atoms with van der Waals surface area (Å²) in [6, 6.07) is 0.159. The van der Waals surface area contributed by atoms with Gasteiger partial charge < -0.3 is 15.7 Å². The van der Waals surface area contributed by atoms with Gasteiger partial charge in [-0.3, -0.25) is 0 Å². The zero-order chi connectivity index (χ0) is 13.0. The molecule has 1 atom stereocenters. The van der Waals surface area contributed by atoms with Crippen molar-refractivity contribution in [3.05, 3.63) is 11.9 Å². The Kier molecular flexibility index (Phi) is 4.36. The quantitative estimate of drug-likeness (QED) is 0.847. The van der Waals surface area contributed by atoms with E-state index in [0.29, 0.717) is 5.82 Å². The number of nitrogens with two attached hydrogens (primary N) is 1. The second-order valence-electron chi connectivity index (χ2n) is 4.79. The van der Waals surface area contributed by atoms with E-state index >= 15 is 0 Å². The van der Waals surface area contributed by atoms with Gasteiger partial charge in [-0.1, -0.05) is 19.8 Å². The van der Waals surface area contributed by atoms with Crippen LogP contribution in [0.4, 0.5) is 11.6 Å². The standard InChI is InChI=1S/C13H22N4O/c1-2-11-12(14)15-9-16-13(11)17-7-5-3-4-6-10(17)8-18/h9-10,18H,2-8H2,1H3,(H2,14,15,16). The van der Waals surface area contributed by atoms with E-state index in [1.165, 1.54) is 19.2 Å². The van der Waals surface area contributed by atoms with Crippen molar-refractivity contribution < 1.29 is 5.11 Å². The van der Waals surface area contributed by atoms with Crippen LogP contribution in [0.1, 0.15) is 38.2 Å². The van der Waals surface area contributed by atoms with Gasteiger partial charge in [0.25, 0.3) is 0 Å². The molecule has 0 saturated carbocycles. The molecule has 1 aliphatic rings. The van der Waals surface area contributed by atoms with Crippen LogP contribution in [0, 0.1) is 0 Å². The SMILES string of the molecule is CCc1c(N)ncnc1N1CCCCCC1CO. The van der Waals surface area contributed by atoms with Crippen molar-refractivity contribution in [2.45, 2.75) is 45.1 Å². The monoisotopic (exact) mass is 250 g/mol. The molecule has 100 valence electrons. The highest BCUT2D eigenvalue weighted by molar-refractivity contribution is 5.57. The molecule has 0 spiro atoms. The lowest BCUT2D eigenvalue weighted by molar-refractivity contribution is 0.254. The number of aromatic nitrogens is 2. The van der Waals surface area contributed by atoms with Crippen molar-refractivity contribution in [2.75, 3.05) is 23.8 Å². The zero-order valence-electron chi connectivity index (χ0n) is 11.0. The van der Waals surface area contributed by atoms with Gasteiger partial charge in [-0.05, 0) is 19.3 Å². The molecular formula is C13H22N4O. The first-order valence-electron chi connectivity index (χ1n) is 6.74. The second-order valence-corrected chi connectivity index (χ2v) is 4.79. The summed E-state index contributed by atoms with van der Waals surface area (Å²) in [6.45, 7) is 3.17. The summed E-state index contributed by atoms with van der Waals surface area (Å²) < 4.78 is 0. The van der Waals surface area contributed by atoms with Gasteiger partial charge in [0.15, 0.2) is 0 Å². The number of anilines is 2. The van der Waals surface area contributed by atoms with Gasteiger partial charge in [-0.15, -0.1) is 0 Å². The summed E-state index contributed by atoms with van der Waals surface area (Å²) in [6.07, 6.45) is 6.88. The molecule has 0 bridgehead atoms. The van der Waals surface area contributed by atoms with E-state index in [0.717, 1.165) is 37.2 Å². The maximum absolute atomic E-state index is 9.56. The molecule has 18 heavy (non-hydrogen) atoms. The Labute approximate surface area is 108 Å². The fourth-order valence-corrected chi connectivity index (χ4v) is 2.65. The third-order valence-electron chi connectivity index (χ3n) is 3.67. The predicted molar refractivity (Wildman–Crippen MR) is 72.5 cm³/mol. The van der Waals surface area contributed by atoms with Crippen molar-refractivity contribution in [1.29, 1.82) is 0 Å². The Hall–Kier alpha value is -1.36. The fourth-order valence-electron chi connectivity index (χ4n) is 2.65. The minimum Gasteiger partial charge on any atom is -0.394 e. The van der Waals surface area contributed by atoms with Crippen LogP contribution >= 0.6 is 0 Å². The Balaban J connectivity index is 2.35. The predicted octanol–water partition coefficient (Wildman–Crippen LogP) is 1.36. The van der Waals surface area contributed by atoms with Crippen molar-refractivity contribution in [1.82, 2.24) is 9.97 Å². The largest absolute Gasteiger partial charge is 0.394 e. The molecule has 5 heteroatoms. The van der Waals surface area contributed by atoms with E-state index in [-0.39, 0.29) is 12.6 Å². The van der Waals surface area contributed by atoms with Crippen molar-refractivity contribution >= 4 is 11.6 Å². The lowest BCUT2D eigenvalue weighted by atomic mass is 10.1. The number of aliphatic hydroxyl groups is 1. The zero-order valence-corrected chi connectivity index (χ0v) is 11.0. The van der Waals surface area contributed by atoms with Crippen LogP contribution in [0.25, 0.3) is 0 Å². The molecular weight excluding hydrogens is 228 g/mol. The molecule has 1 unspecified atom stereocenters. The molecule has 1 fully saturated rings. The molecule has 0 aliphatic carbocycles. The molecule has 1 aromatic rings. The fraction of sp³-hybridized carbons (Fsp3) is 0.692.